The summed E-state index contributed by atoms with van der Waals surface area (Å²) in [5.41, 5.74) is 1.69. The Kier molecular flexibility index (Phi) is 4.87. The molecule has 0 saturated carbocycles. The summed E-state index contributed by atoms with van der Waals surface area (Å²) in [6.45, 7) is -2.40. The van der Waals surface area contributed by atoms with Crippen LogP contribution in [0.25, 0.3) is 0 Å². The van der Waals surface area contributed by atoms with Gasteiger partial charge in [0.2, 0.25) is 0 Å². The summed E-state index contributed by atoms with van der Waals surface area (Å²) >= 11 is 0. The van der Waals surface area contributed by atoms with E-state index in [4.69, 9.17) is 0 Å². The van der Waals surface area contributed by atoms with Crippen LogP contribution >= 0.6 is 0 Å². The number of anilines is 1. The molecular formula is C15H14F3NO. The molecule has 0 unspecified atom stereocenters. The first-order valence-electron chi connectivity index (χ1n) is 6.17. The zero-order valence-electron chi connectivity index (χ0n) is 10.7. The highest BCUT2D eigenvalue weighted by atomic mass is 19.3. The van der Waals surface area contributed by atoms with Crippen molar-refractivity contribution in [2.24, 2.45) is 0 Å². The maximum absolute atomic E-state index is 13.5. The highest BCUT2D eigenvalue weighted by molar-refractivity contribution is 5.47. The van der Waals surface area contributed by atoms with Crippen molar-refractivity contribution in [2.75, 3.05) is 11.9 Å². The van der Waals surface area contributed by atoms with Crippen molar-refractivity contribution in [3.8, 4) is 5.75 Å². The van der Waals surface area contributed by atoms with E-state index in [9.17, 15) is 13.2 Å². The first-order chi connectivity index (χ1) is 9.65. The summed E-state index contributed by atoms with van der Waals surface area (Å²) < 4.78 is 41.5. The van der Waals surface area contributed by atoms with Gasteiger partial charge in [-0.05, 0) is 24.1 Å². The van der Waals surface area contributed by atoms with E-state index >= 15 is 0 Å². The smallest absolute Gasteiger partial charge is 0.387 e. The summed E-state index contributed by atoms with van der Waals surface area (Å²) in [7, 11) is 0. The van der Waals surface area contributed by atoms with Gasteiger partial charge >= 0.3 is 6.61 Å². The summed E-state index contributed by atoms with van der Waals surface area (Å²) in [5.74, 6) is -1.26. The van der Waals surface area contributed by atoms with Gasteiger partial charge in [0, 0.05) is 18.3 Å². The van der Waals surface area contributed by atoms with Crippen LogP contribution in [0.5, 0.6) is 5.75 Å². The molecule has 20 heavy (non-hydrogen) atoms. The van der Waals surface area contributed by atoms with E-state index in [0.29, 0.717) is 12.2 Å². The van der Waals surface area contributed by atoms with E-state index in [0.717, 1.165) is 18.1 Å². The van der Waals surface area contributed by atoms with Gasteiger partial charge in [-0.1, -0.05) is 30.3 Å². The van der Waals surface area contributed by atoms with Crippen molar-refractivity contribution in [1.29, 1.82) is 0 Å². The third kappa shape index (κ3) is 4.19. The van der Waals surface area contributed by atoms with Crippen molar-refractivity contribution in [3.05, 3.63) is 59.9 Å². The number of hydrogen-bond acceptors (Lipinski definition) is 2. The van der Waals surface area contributed by atoms with Crippen molar-refractivity contribution in [3.63, 3.8) is 0 Å². The Balaban J connectivity index is 1.89. The fourth-order valence-electron chi connectivity index (χ4n) is 1.80. The van der Waals surface area contributed by atoms with E-state index in [1.165, 1.54) is 12.1 Å². The molecule has 106 valence electrons. The van der Waals surface area contributed by atoms with Crippen LogP contribution < -0.4 is 10.1 Å². The normalized spacial score (nSPS) is 10.6. The van der Waals surface area contributed by atoms with Gasteiger partial charge in [0.1, 0.15) is 0 Å². The lowest BCUT2D eigenvalue weighted by atomic mass is 10.1. The maximum Gasteiger partial charge on any atom is 0.387 e. The van der Waals surface area contributed by atoms with E-state index in [1.807, 2.05) is 30.3 Å². The van der Waals surface area contributed by atoms with Crippen LogP contribution in [0, 0.1) is 5.82 Å². The third-order valence-electron chi connectivity index (χ3n) is 2.73. The Morgan fingerprint density at radius 3 is 2.45 bits per heavy atom. The molecule has 0 fully saturated rings. The Morgan fingerprint density at radius 1 is 1.05 bits per heavy atom. The summed E-state index contributed by atoms with van der Waals surface area (Å²) in [5, 5.41) is 3.03. The van der Waals surface area contributed by atoms with Crippen molar-refractivity contribution >= 4 is 5.69 Å². The third-order valence-corrected chi connectivity index (χ3v) is 2.73. The van der Waals surface area contributed by atoms with Crippen LogP contribution in [-0.2, 0) is 6.42 Å². The second kappa shape index (κ2) is 6.84. The van der Waals surface area contributed by atoms with Crippen LogP contribution in [0.1, 0.15) is 5.56 Å². The molecule has 5 heteroatoms. The molecule has 0 spiro atoms. The summed E-state index contributed by atoms with van der Waals surface area (Å²) in [6, 6.07) is 13.7. The minimum absolute atomic E-state index is 0.450. The predicted molar refractivity (Wildman–Crippen MR) is 71.7 cm³/mol. The average molecular weight is 281 g/mol. The standard InChI is InChI=1S/C15H14F3NO/c16-13-10-12(6-7-14(13)20-15(17)18)19-9-8-11-4-2-1-3-5-11/h1-7,10,15,19H,8-9H2. The lowest BCUT2D eigenvalue weighted by molar-refractivity contribution is -0.0521. The average Bonchev–Trinajstić information content (AvgIpc) is 2.43. The van der Waals surface area contributed by atoms with Gasteiger partial charge < -0.3 is 10.1 Å². The van der Waals surface area contributed by atoms with Crippen LogP contribution in [0.3, 0.4) is 0 Å². The van der Waals surface area contributed by atoms with Crippen molar-refractivity contribution < 1.29 is 17.9 Å². The quantitative estimate of drug-likeness (QED) is 0.861. The minimum atomic E-state index is -3.03. The van der Waals surface area contributed by atoms with Gasteiger partial charge in [-0.3, -0.25) is 0 Å². The largest absolute Gasteiger partial charge is 0.432 e. The topological polar surface area (TPSA) is 21.3 Å². The fraction of sp³-hybridized carbons (Fsp3) is 0.200. The summed E-state index contributed by atoms with van der Waals surface area (Å²) in [4.78, 5) is 0. The van der Waals surface area contributed by atoms with Gasteiger partial charge in [0.25, 0.3) is 0 Å². The number of nitrogens with one attached hydrogen (secondary N) is 1. The number of hydrogen-bond donors (Lipinski definition) is 1. The highest BCUT2D eigenvalue weighted by Crippen LogP contribution is 2.22. The molecule has 0 atom stereocenters. The number of ether oxygens (including phenoxy) is 1. The molecule has 0 aliphatic carbocycles. The van der Waals surface area contributed by atoms with Gasteiger partial charge in [0.05, 0.1) is 0 Å². The first-order valence-corrected chi connectivity index (χ1v) is 6.17. The van der Waals surface area contributed by atoms with E-state index < -0.39 is 18.2 Å². The number of alkyl halides is 2. The molecule has 0 radical (unpaired) electrons. The Labute approximate surface area is 115 Å². The van der Waals surface area contributed by atoms with Gasteiger partial charge in [0.15, 0.2) is 11.6 Å². The van der Waals surface area contributed by atoms with Crippen molar-refractivity contribution in [1.82, 2.24) is 0 Å². The van der Waals surface area contributed by atoms with Gasteiger partial charge in [-0.15, -0.1) is 0 Å². The van der Waals surface area contributed by atoms with Crippen LogP contribution in [0.15, 0.2) is 48.5 Å². The number of rotatable bonds is 6. The van der Waals surface area contributed by atoms with Crippen LogP contribution in [0.4, 0.5) is 18.9 Å². The Hall–Kier alpha value is -2.17. The molecule has 2 nitrogen and oxygen atoms in total. The van der Waals surface area contributed by atoms with Crippen LogP contribution in [-0.4, -0.2) is 13.2 Å². The van der Waals surface area contributed by atoms with Crippen molar-refractivity contribution in [2.45, 2.75) is 13.0 Å². The molecule has 0 amide bonds. The zero-order valence-corrected chi connectivity index (χ0v) is 10.7. The molecule has 2 aromatic rings. The molecule has 0 bridgehead atoms. The number of halogens is 3. The molecule has 2 aromatic carbocycles. The lowest BCUT2D eigenvalue weighted by Crippen LogP contribution is -2.06. The molecular weight excluding hydrogens is 267 g/mol. The molecule has 0 aliphatic rings. The van der Waals surface area contributed by atoms with Gasteiger partial charge in [-0.2, -0.15) is 8.78 Å². The monoisotopic (exact) mass is 281 g/mol. The van der Waals surface area contributed by atoms with E-state index in [-0.39, 0.29) is 0 Å². The molecule has 0 aliphatic heterocycles. The first kappa shape index (κ1) is 14.2. The molecule has 1 N–H and O–H groups in total. The summed E-state index contributed by atoms with van der Waals surface area (Å²) in [6.07, 6.45) is 0.789. The van der Waals surface area contributed by atoms with Gasteiger partial charge in [-0.25, -0.2) is 4.39 Å². The zero-order chi connectivity index (χ0) is 14.4. The molecule has 0 aromatic heterocycles. The second-order valence-corrected chi connectivity index (χ2v) is 4.19. The minimum Gasteiger partial charge on any atom is -0.432 e. The number of benzene rings is 2. The SMILES string of the molecule is Fc1cc(NCCc2ccccc2)ccc1OC(F)F. The molecule has 2 rings (SSSR count). The lowest BCUT2D eigenvalue weighted by Gasteiger charge is -2.09. The molecule has 0 saturated heterocycles. The maximum atomic E-state index is 13.5. The highest BCUT2D eigenvalue weighted by Gasteiger charge is 2.09. The van der Waals surface area contributed by atoms with E-state index in [2.05, 4.69) is 10.1 Å². The predicted octanol–water partition coefficient (Wildman–Crippen LogP) is 4.08. The second-order valence-electron chi connectivity index (χ2n) is 4.19. The fourth-order valence-corrected chi connectivity index (χ4v) is 1.80. The Bertz CT molecular complexity index is 546. The molecule has 0 heterocycles. The van der Waals surface area contributed by atoms with E-state index in [1.54, 1.807) is 0 Å². The van der Waals surface area contributed by atoms with Crippen LogP contribution in [0.2, 0.25) is 0 Å². The Morgan fingerprint density at radius 2 is 1.80 bits per heavy atom.